The van der Waals surface area contributed by atoms with Gasteiger partial charge in [0.15, 0.2) is 17.0 Å². The Labute approximate surface area is 245 Å². The van der Waals surface area contributed by atoms with E-state index in [4.69, 9.17) is 9.57 Å². The highest BCUT2D eigenvalue weighted by Gasteiger charge is 2.54. The monoisotopic (exact) mass is 592 g/mol. The molecule has 2 bridgehead atoms. The molecule has 43 heavy (non-hydrogen) atoms. The summed E-state index contributed by atoms with van der Waals surface area (Å²) in [5.74, 6) is -3.11. The van der Waals surface area contributed by atoms with Crippen LogP contribution in [0.2, 0.25) is 0 Å². The minimum absolute atomic E-state index is 0.00696. The lowest BCUT2D eigenvalue weighted by Gasteiger charge is -2.42. The average Bonchev–Trinajstić information content (AvgIpc) is 3.38. The number of amides is 2. The number of aromatic nitrogens is 1. The molecule has 3 atom stereocenters. The van der Waals surface area contributed by atoms with E-state index in [-0.39, 0.29) is 54.9 Å². The van der Waals surface area contributed by atoms with Crippen LogP contribution in [-0.4, -0.2) is 56.9 Å². The lowest BCUT2D eigenvalue weighted by atomic mass is 9.84. The molecular formula is C31H30F2N4O6. The molecule has 2 N–H and O–H groups in total. The van der Waals surface area contributed by atoms with E-state index in [0.717, 1.165) is 11.6 Å². The Kier molecular flexibility index (Phi) is 7.47. The van der Waals surface area contributed by atoms with Gasteiger partial charge in [0.1, 0.15) is 23.8 Å². The summed E-state index contributed by atoms with van der Waals surface area (Å²) >= 11 is 0. The quantitative estimate of drug-likeness (QED) is 0.434. The van der Waals surface area contributed by atoms with E-state index in [0.29, 0.717) is 31.0 Å². The lowest BCUT2D eigenvalue weighted by Crippen LogP contribution is -2.52. The van der Waals surface area contributed by atoms with Crippen molar-refractivity contribution < 1.29 is 33.1 Å². The SMILES string of the molecule is C[C@H]1CC[C@@]2(CC(CO)=NO2)[C@H]2CN1C(=O)c1c(OCc3ccccc3)c(=O)c(C(=O)NCc3ccc(F)cc3F)cn12. The van der Waals surface area contributed by atoms with Crippen molar-refractivity contribution in [2.75, 3.05) is 13.2 Å². The number of benzene rings is 2. The molecule has 0 radical (unpaired) electrons. The molecule has 3 aromatic rings. The van der Waals surface area contributed by atoms with Crippen LogP contribution in [0.3, 0.4) is 0 Å². The van der Waals surface area contributed by atoms with Crippen LogP contribution in [0.5, 0.6) is 5.75 Å². The summed E-state index contributed by atoms with van der Waals surface area (Å²) in [5, 5.41) is 16.4. The van der Waals surface area contributed by atoms with Crippen molar-refractivity contribution in [1.82, 2.24) is 14.8 Å². The first-order valence-corrected chi connectivity index (χ1v) is 14.0. The van der Waals surface area contributed by atoms with Gasteiger partial charge in [-0.3, -0.25) is 14.4 Å². The number of rotatable bonds is 7. The fourth-order valence-corrected chi connectivity index (χ4v) is 6.06. The number of oxime groups is 1. The maximum atomic E-state index is 14.3. The summed E-state index contributed by atoms with van der Waals surface area (Å²) in [6.45, 7) is 1.51. The molecule has 6 rings (SSSR count). The van der Waals surface area contributed by atoms with Gasteiger partial charge in [-0.05, 0) is 31.4 Å². The normalized spacial score (nSPS) is 22.5. The molecule has 224 valence electrons. The van der Waals surface area contributed by atoms with Crippen molar-refractivity contribution in [3.63, 3.8) is 0 Å². The van der Waals surface area contributed by atoms with Crippen LogP contribution in [0.25, 0.3) is 0 Å². The van der Waals surface area contributed by atoms with E-state index < -0.39 is 40.5 Å². The van der Waals surface area contributed by atoms with Gasteiger partial charge in [-0.25, -0.2) is 8.78 Å². The van der Waals surface area contributed by atoms with Crippen LogP contribution in [0.1, 0.15) is 64.2 Å². The van der Waals surface area contributed by atoms with Crippen LogP contribution in [0, 0.1) is 11.6 Å². The van der Waals surface area contributed by atoms with Gasteiger partial charge in [0, 0.05) is 43.4 Å². The van der Waals surface area contributed by atoms with Gasteiger partial charge < -0.3 is 29.5 Å². The molecule has 0 unspecified atom stereocenters. The molecule has 2 aromatic carbocycles. The molecule has 0 aliphatic carbocycles. The van der Waals surface area contributed by atoms with E-state index in [1.165, 1.54) is 12.3 Å². The standard InChI is InChI=1S/C31H30F2N4O6/c1-18-9-10-31(12-22(16-38)35-43-31)25-15-36(18)30(41)26-28(42-17-19-5-3-2-4-6-19)27(39)23(14-37(25)26)29(40)34-13-20-7-8-21(32)11-24(20)33/h2-8,11,14,18,25,38H,9-10,12-13,15-17H2,1H3,(H,34,40)/t18-,25+,31+/m0/s1. The van der Waals surface area contributed by atoms with Gasteiger partial charge >= 0.3 is 0 Å². The van der Waals surface area contributed by atoms with E-state index in [9.17, 15) is 28.3 Å². The molecule has 1 saturated heterocycles. The Morgan fingerprint density at radius 3 is 2.72 bits per heavy atom. The second-order valence-corrected chi connectivity index (χ2v) is 11.2. The van der Waals surface area contributed by atoms with Gasteiger partial charge in [-0.15, -0.1) is 0 Å². The average molecular weight is 593 g/mol. The predicted molar refractivity (Wildman–Crippen MR) is 151 cm³/mol. The number of fused-ring (bicyclic) bond motifs is 5. The highest BCUT2D eigenvalue weighted by Crippen LogP contribution is 2.46. The predicted octanol–water partition coefficient (Wildman–Crippen LogP) is 3.32. The number of ether oxygens (including phenoxy) is 1. The summed E-state index contributed by atoms with van der Waals surface area (Å²) in [4.78, 5) is 49.0. The maximum Gasteiger partial charge on any atom is 0.274 e. The van der Waals surface area contributed by atoms with Crippen molar-refractivity contribution in [2.45, 2.75) is 57.0 Å². The van der Waals surface area contributed by atoms with Gasteiger partial charge in [0.25, 0.3) is 11.8 Å². The smallest absolute Gasteiger partial charge is 0.274 e. The summed E-state index contributed by atoms with van der Waals surface area (Å²) in [6, 6.07) is 11.3. The van der Waals surface area contributed by atoms with Gasteiger partial charge in [-0.1, -0.05) is 41.6 Å². The number of nitrogens with one attached hydrogen (secondary N) is 1. The third-order valence-electron chi connectivity index (χ3n) is 8.45. The number of aliphatic hydroxyl groups is 1. The van der Waals surface area contributed by atoms with Gasteiger partial charge in [0.05, 0.1) is 18.4 Å². The Morgan fingerprint density at radius 1 is 1.21 bits per heavy atom. The van der Waals surface area contributed by atoms with E-state index in [2.05, 4.69) is 10.5 Å². The maximum absolute atomic E-state index is 14.3. The van der Waals surface area contributed by atoms with E-state index in [1.54, 1.807) is 21.6 Å². The number of pyridine rings is 1. The Balaban J connectivity index is 1.45. The molecule has 4 heterocycles. The zero-order valence-corrected chi connectivity index (χ0v) is 23.4. The number of hydrogen-bond donors (Lipinski definition) is 2. The van der Waals surface area contributed by atoms with Crippen molar-refractivity contribution in [2.24, 2.45) is 5.16 Å². The largest absolute Gasteiger partial charge is 0.483 e. The van der Waals surface area contributed by atoms with E-state index >= 15 is 0 Å². The summed E-state index contributed by atoms with van der Waals surface area (Å²) in [6.07, 6.45) is 2.72. The van der Waals surface area contributed by atoms with Crippen molar-refractivity contribution >= 4 is 17.5 Å². The van der Waals surface area contributed by atoms with Crippen LogP contribution < -0.4 is 15.5 Å². The molecule has 1 fully saturated rings. The minimum atomic E-state index is -0.937. The number of nitrogens with zero attached hydrogens (tertiary/aromatic N) is 3. The van der Waals surface area contributed by atoms with Crippen LogP contribution >= 0.6 is 0 Å². The third kappa shape index (κ3) is 5.16. The second kappa shape index (κ2) is 11.3. The first-order valence-electron chi connectivity index (χ1n) is 14.0. The van der Waals surface area contributed by atoms with Crippen LogP contribution in [0.4, 0.5) is 8.78 Å². The topological polar surface area (TPSA) is 122 Å². The fourth-order valence-electron chi connectivity index (χ4n) is 6.06. The Bertz CT molecular complexity index is 1680. The van der Waals surface area contributed by atoms with Crippen molar-refractivity contribution in [3.05, 3.63) is 99.0 Å². The molecule has 10 nitrogen and oxygen atoms in total. The number of carbonyl (C=O) groups excluding carboxylic acids is 2. The number of carbonyl (C=O) groups is 2. The fraction of sp³-hybridized carbons (Fsp3) is 0.355. The van der Waals surface area contributed by atoms with Gasteiger partial charge in [-0.2, -0.15) is 0 Å². The second-order valence-electron chi connectivity index (χ2n) is 11.2. The van der Waals surface area contributed by atoms with Gasteiger partial charge in [0.2, 0.25) is 5.43 Å². The first kappa shape index (κ1) is 28.5. The molecule has 12 heteroatoms. The Hall–Kier alpha value is -4.58. The highest BCUT2D eigenvalue weighted by atomic mass is 19.1. The van der Waals surface area contributed by atoms with E-state index in [1.807, 2.05) is 25.1 Å². The third-order valence-corrected chi connectivity index (χ3v) is 8.45. The molecular weight excluding hydrogens is 562 g/mol. The molecule has 1 spiro atoms. The molecule has 0 saturated carbocycles. The van der Waals surface area contributed by atoms with Crippen LogP contribution in [0.15, 0.2) is 64.7 Å². The molecule has 3 aliphatic rings. The Morgan fingerprint density at radius 2 is 2.00 bits per heavy atom. The zero-order valence-electron chi connectivity index (χ0n) is 23.4. The first-order chi connectivity index (χ1) is 20.7. The van der Waals surface area contributed by atoms with Crippen molar-refractivity contribution in [1.29, 1.82) is 0 Å². The molecule has 2 amide bonds. The highest BCUT2D eigenvalue weighted by molar-refractivity contribution is 5.99. The lowest BCUT2D eigenvalue weighted by molar-refractivity contribution is -0.0656. The van der Waals surface area contributed by atoms with Crippen LogP contribution in [-0.2, 0) is 18.0 Å². The van der Waals surface area contributed by atoms with Crippen molar-refractivity contribution in [3.8, 4) is 5.75 Å². The molecule has 3 aliphatic heterocycles. The number of hydrogen-bond acceptors (Lipinski definition) is 7. The summed E-state index contributed by atoms with van der Waals surface area (Å²) < 4.78 is 35.2. The molecule has 1 aromatic heterocycles. The number of aliphatic hydroxyl groups excluding tert-OH is 1. The summed E-state index contributed by atoms with van der Waals surface area (Å²) in [5.41, 5.74) is -0.823. The number of halogens is 2. The zero-order chi connectivity index (χ0) is 30.3. The minimum Gasteiger partial charge on any atom is -0.483 e. The summed E-state index contributed by atoms with van der Waals surface area (Å²) in [7, 11) is 0.